The third-order valence-electron chi connectivity index (χ3n) is 0. The van der Waals surface area contributed by atoms with Crippen molar-refractivity contribution in [3.63, 3.8) is 0 Å². The first-order valence-electron chi connectivity index (χ1n) is 5.51. The van der Waals surface area contributed by atoms with Crippen LogP contribution in [0.2, 0.25) is 0 Å². The zero-order valence-corrected chi connectivity index (χ0v) is 21.2. The standard InChI is InChI=1S/6C2H4O2.5H2O.U/c6*1-2(3)4;;;;;;/h6*1H3,(H,3,4);5*1H2;/q;;;;;;;;;;;+3/p-3. The minimum atomic E-state index is -1.08. The summed E-state index contributed by atoms with van der Waals surface area (Å²) in [6.45, 7) is 6.17. The number of hydrogen-bond donors (Lipinski definition) is 3. The molecule has 30 heavy (non-hydrogen) atoms. The molecule has 1 radical (unpaired) electrons. The molecular formula is C12H31O17U. The van der Waals surface area contributed by atoms with E-state index in [1.165, 1.54) is 0 Å². The Morgan fingerprint density at radius 3 is 0.433 bits per heavy atom. The van der Waals surface area contributed by atoms with Crippen LogP contribution in [0.1, 0.15) is 41.5 Å². The Hall–Kier alpha value is -2.33. The third kappa shape index (κ3) is 2880. The first kappa shape index (κ1) is 80.1. The molecule has 0 aliphatic rings. The van der Waals surface area contributed by atoms with Gasteiger partial charge >= 0.3 is 31.1 Å². The van der Waals surface area contributed by atoms with Gasteiger partial charge in [0.1, 0.15) is 0 Å². The average molecular weight is 685 g/mol. The molecule has 0 aliphatic carbocycles. The number of hydrogen-bond acceptors (Lipinski definition) is 9. The Balaban J connectivity index is -0.0000000125. The zero-order valence-electron chi connectivity index (χ0n) is 17.0. The van der Waals surface area contributed by atoms with Crippen molar-refractivity contribution in [1.29, 1.82) is 0 Å². The van der Waals surface area contributed by atoms with Crippen LogP contribution in [-0.4, -0.2) is 78.5 Å². The molecule has 0 heterocycles. The molecule has 0 bridgehead atoms. The number of aliphatic carboxylic acids is 6. The summed E-state index contributed by atoms with van der Waals surface area (Å²) in [5.74, 6) is -5.75. The summed E-state index contributed by atoms with van der Waals surface area (Å²) in [4.78, 5) is 53.7. The van der Waals surface area contributed by atoms with Crippen LogP contribution in [0.25, 0.3) is 0 Å². The maximum atomic E-state index is 9.00. The molecule has 0 amide bonds. The minimum Gasteiger partial charge on any atom is -0.550 e. The second kappa shape index (κ2) is 71.6. The van der Waals surface area contributed by atoms with E-state index in [1.807, 2.05) is 0 Å². The van der Waals surface area contributed by atoms with Gasteiger partial charge in [-0.15, -0.1) is 0 Å². The van der Waals surface area contributed by atoms with Crippen molar-refractivity contribution in [2.75, 3.05) is 0 Å². The van der Waals surface area contributed by atoms with E-state index < -0.39 is 35.8 Å². The van der Waals surface area contributed by atoms with E-state index in [9.17, 15) is 0 Å². The van der Waals surface area contributed by atoms with Crippen molar-refractivity contribution in [2.45, 2.75) is 41.5 Å². The van der Waals surface area contributed by atoms with Crippen molar-refractivity contribution < 1.29 is 118 Å². The molecule has 0 aromatic heterocycles. The normalized spacial score (nSPS) is 5.00. The van der Waals surface area contributed by atoms with Crippen LogP contribution >= 0.6 is 0 Å². The molecule has 0 aromatic carbocycles. The van der Waals surface area contributed by atoms with Gasteiger partial charge in [-0.25, -0.2) is 0 Å². The largest absolute Gasteiger partial charge is 3.00 e. The van der Waals surface area contributed by atoms with Gasteiger partial charge in [-0.1, -0.05) is 0 Å². The van der Waals surface area contributed by atoms with E-state index in [-0.39, 0.29) is 58.5 Å². The maximum absolute atomic E-state index is 9.00. The smallest absolute Gasteiger partial charge is 0.550 e. The van der Waals surface area contributed by atoms with E-state index in [4.69, 9.17) is 59.4 Å². The fourth-order valence-corrected chi connectivity index (χ4v) is 0. The minimum absolute atomic E-state index is 0. The molecule has 0 spiro atoms. The molecule has 0 saturated carbocycles. The Morgan fingerprint density at radius 1 is 0.433 bits per heavy atom. The molecule has 0 aliphatic heterocycles. The van der Waals surface area contributed by atoms with Crippen molar-refractivity contribution in [1.82, 2.24) is 0 Å². The van der Waals surface area contributed by atoms with Crippen molar-refractivity contribution >= 4 is 35.8 Å². The van der Waals surface area contributed by atoms with Crippen LogP contribution in [0.5, 0.6) is 0 Å². The first-order chi connectivity index (χ1) is 10.4. The van der Waals surface area contributed by atoms with E-state index >= 15 is 0 Å². The number of carbonyl (C=O) groups is 6. The first-order valence-corrected chi connectivity index (χ1v) is 5.51. The molecule has 18 heteroatoms. The molecule has 0 atom stereocenters. The number of carboxylic acids is 6. The number of carboxylic acid groups (broad SMARTS) is 6. The van der Waals surface area contributed by atoms with Crippen LogP contribution in [0.4, 0.5) is 0 Å². The van der Waals surface area contributed by atoms with Gasteiger partial charge in [-0.3, -0.25) is 14.4 Å². The summed E-state index contributed by atoms with van der Waals surface area (Å²) < 4.78 is 0. The molecule has 0 unspecified atom stereocenters. The van der Waals surface area contributed by atoms with Gasteiger partial charge in [-0.05, 0) is 20.8 Å². The average Bonchev–Trinajstić information content (AvgIpc) is 2.08. The van der Waals surface area contributed by atoms with Crippen molar-refractivity contribution in [3.05, 3.63) is 0 Å². The topological polar surface area (TPSA) is 390 Å². The van der Waals surface area contributed by atoms with Crippen molar-refractivity contribution in [3.8, 4) is 0 Å². The van der Waals surface area contributed by atoms with E-state index in [0.29, 0.717) is 0 Å². The quantitative estimate of drug-likeness (QED) is 0.214. The van der Waals surface area contributed by atoms with E-state index in [1.54, 1.807) is 0 Å². The van der Waals surface area contributed by atoms with Crippen molar-refractivity contribution in [2.24, 2.45) is 0 Å². The second-order valence-electron chi connectivity index (χ2n) is 3.03. The van der Waals surface area contributed by atoms with Gasteiger partial charge in [0.25, 0.3) is 17.9 Å². The van der Waals surface area contributed by atoms with Gasteiger partial charge in [0, 0.05) is 38.7 Å². The molecule has 0 aromatic rings. The van der Waals surface area contributed by atoms with E-state index in [2.05, 4.69) is 0 Å². The monoisotopic (exact) mass is 685 g/mol. The summed E-state index contributed by atoms with van der Waals surface area (Å²) in [5.41, 5.74) is 0. The fourth-order valence-electron chi connectivity index (χ4n) is 0. The molecular weight excluding hydrogens is 654 g/mol. The van der Waals surface area contributed by atoms with Gasteiger partial charge < -0.3 is 72.4 Å². The van der Waals surface area contributed by atoms with Crippen LogP contribution in [-0.2, 0) is 28.8 Å². The van der Waals surface area contributed by atoms with Gasteiger partial charge in [-0.2, -0.15) is 0 Å². The molecule has 13 N–H and O–H groups in total. The molecule has 17 nitrogen and oxygen atoms in total. The maximum Gasteiger partial charge on any atom is 3.00 e. The van der Waals surface area contributed by atoms with Crippen LogP contribution in [0, 0.1) is 31.1 Å². The van der Waals surface area contributed by atoms with E-state index in [0.717, 1.165) is 41.5 Å². The second-order valence-corrected chi connectivity index (χ2v) is 3.03. The van der Waals surface area contributed by atoms with Crippen LogP contribution in [0.3, 0.4) is 0 Å². The predicted octanol–water partition coefficient (Wildman–Crippen LogP) is -7.58. The summed E-state index contributed by atoms with van der Waals surface area (Å²) in [7, 11) is 0. The molecule has 185 valence electrons. The van der Waals surface area contributed by atoms with Crippen LogP contribution < -0.4 is 15.3 Å². The molecule has 0 fully saturated rings. The molecule has 0 rings (SSSR count). The van der Waals surface area contributed by atoms with Gasteiger partial charge in [0.2, 0.25) is 0 Å². The Labute approximate surface area is 195 Å². The van der Waals surface area contributed by atoms with Gasteiger partial charge in [0.15, 0.2) is 0 Å². The Bertz CT molecular complexity index is 266. The fraction of sp³-hybridized carbons (Fsp3) is 0.500. The Kier molecular flexibility index (Phi) is 191. The van der Waals surface area contributed by atoms with Crippen LogP contribution in [0.15, 0.2) is 0 Å². The SMILES string of the molecule is CC(=O)O.CC(=O)O.CC(=O)O.CC(=O)[O-].CC(=O)[O-].CC(=O)[O-].O.O.O.O.O.[U+3]. The Morgan fingerprint density at radius 2 is 0.433 bits per heavy atom. The zero-order chi connectivity index (χ0) is 21.5. The predicted molar refractivity (Wildman–Crippen MR) is 90.0 cm³/mol. The summed E-state index contributed by atoms with van der Waals surface area (Å²) in [6, 6.07) is 0. The molecule has 0 saturated heterocycles. The summed E-state index contributed by atoms with van der Waals surface area (Å²) in [5, 5.41) is 48.9. The number of rotatable bonds is 0. The summed E-state index contributed by atoms with van der Waals surface area (Å²) >= 11 is 0. The summed E-state index contributed by atoms with van der Waals surface area (Å²) in [6.07, 6.45) is 0. The van der Waals surface area contributed by atoms with Gasteiger partial charge in [0.05, 0.1) is 0 Å². The third-order valence-corrected chi connectivity index (χ3v) is 0. The number of carbonyl (C=O) groups excluding carboxylic acids is 3.